The highest BCUT2D eigenvalue weighted by Crippen LogP contribution is 2.30. The van der Waals surface area contributed by atoms with Crippen molar-refractivity contribution in [3.8, 4) is 11.5 Å². The van der Waals surface area contributed by atoms with Crippen LogP contribution in [-0.2, 0) is 6.54 Å². The van der Waals surface area contributed by atoms with Crippen LogP contribution in [0.15, 0.2) is 18.2 Å². The molecule has 0 fully saturated rings. The first-order valence-electron chi connectivity index (χ1n) is 5.51. The van der Waals surface area contributed by atoms with Crippen LogP contribution in [0.3, 0.4) is 0 Å². The summed E-state index contributed by atoms with van der Waals surface area (Å²) in [5.74, 6) is 0.556. The van der Waals surface area contributed by atoms with Crippen LogP contribution in [0.5, 0.6) is 11.5 Å². The molecule has 0 aliphatic carbocycles. The van der Waals surface area contributed by atoms with Gasteiger partial charge in [-0.1, -0.05) is 6.07 Å². The standard InChI is InChI=1S/C12H16F3NO2/c1-8(2)18-11-5-3-4-10(9(11)6-16)17-7-12(13,14)15/h3-5,8H,6-7,16H2,1-2H3. The van der Waals surface area contributed by atoms with Gasteiger partial charge >= 0.3 is 6.18 Å². The number of halogens is 3. The van der Waals surface area contributed by atoms with Crippen molar-refractivity contribution in [2.24, 2.45) is 5.73 Å². The fraction of sp³-hybridized carbons (Fsp3) is 0.500. The van der Waals surface area contributed by atoms with Crippen LogP contribution in [0.25, 0.3) is 0 Å². The molecule has 1 aromatic carbocycles. The van der Waals surface area contributed by atoms with Crippen LogP contribution in [-0.4, -0.2) is 18.9 Å². The number of hydrogen-bond acceptors (Lipinski definition) is 3. The topological polar surface area (TPSA) is 44.5 Å². The molecular weight excluding hydrogens is 247 g/mol. The van der Waals surface area contributed by atoms with Gasteiger partial charge in [0.05, 0.1) is 6.10 Å². The van der Waals surface area contributed by atoms with E-state index >= 15 is 0 Å². The van der Waals surface area contributed by atoms with Crippen LogP contribution in [0.2, 0.25) is 0 Å². The van der Waals surface area contributed by atoms with E-state index < -0.39 is 12.8 Å². The molecular formula is C12H16F3NO2. The van der Waals surface area contributed by atoms with Gasteiger partial charge in [-0.3, -0.25) is 0 Å². The Morgan fingerprint density at radius 3 is 2.33 bits per heavy atom. The molecule has 102 valence electrons. The second-order valence-corrected chi connectivity index (χ2v) is 4.01. The molecule has 0 radical (unpaired) electrons. The van der Waals surface area contributed by atoms with Gasteiger partial charge in [0.1, 0.15) is 11.5 Å². The Hall–Kier alpha value is -1.43. The minimum absolute atomic E-state index is 0.0517. The summed E-state index contributed by atoms with van der Waals surface area (Å²) in [4.78, 5) is 0. The summed E-state index contributed by atoms with van der Waals surface area (Å²) >= 11 is 0. The number of nitrogens with two attached hydrogens (primary N) is 1. The number of benzene rings is 1. The monoisotopic (exact) mass is 263 g/mol. The van der Waals surface area contributed by atoms with Gasteiger partial charge in [0.25, 0.3) is 0 Å². The van der Waals surface area contributed by atoms with Gasteiger partial charge in [-0.05, 0) is 26.0 Å². The van der Waals surface area contributed by atoms with Crippen molar-refractivity contribution in [2.45, 2.75) is 32.7 Å². The predicted molar refractivity (Wildman–Crippen MR) is 61.6 cm³/mol. The maximum absolute atomic E-state index is 12.1. The molecule has 0 atom stereocenters. The van der Waals surface area contributed by atoms with E-state index in [0.717, 1.165) is 0 Å². The van der Waals surface area contributed by atoms with Gasteiger partial charge in [0.2, 0.25) is 0 Å². The van der Waals surface area contributed by atoms with Crippen molar-refractivity contribution >= 4 is 0 Å². The molecule has 0 aliphatic rings. The zero-order chi connectivity index (χ0) is 13.8. The molecule has 0 unspecified atom stereocenters. The fourth-order valence-electron chi connectivity index (χ4n) is 1.41. The van der Waals surface area contributed by atoms with Crippen molar-refractivity contribution in [1.82, 2.24) is 0 Å². The van der Waals surface area contributed by atoms with Crippen molar-refractivity contribution < 1.29 is 22.6 Å². The molecule has 0 amide bonds. The second kappa shape index (κ2) is 5.95. The molecule has 0 heterocycles. The first kappa shape index (κ1) is 14.6. The van der Waals surface area contributed by atoms with Crippen LogP contribution >= 0.6 is 0 Å². The van der Waals surface area contributed by atoms with E-state index in [1.165, 1.54) is 6.07 Å². The highest BCUT2D eigenvalue weighted by atomic mass is 19.4. The van der Waals surface area contributed by atoms with E-state index in [-0.39, 0.29) is 18.4 Å². The third-order valence-corrected chi connectivity index (χ3v) is 2.05. The van der Waals surface area contributed by atoms with Crippen LogP contribution in [0, 0.1) is 0 Å². The zero-order valence-corrected chi connectivity index (χ0v) is 10.3. The number of hydrogen-bond donors (Lipinski definition) is 1. The molecule has 0 saturated carbocycles. The number of rotatable bonds is 5. The Kier molecular flexibility index (Phi) is 4.84. The van der Waals surface area contributed by atoms with E-state index in [4.69, 9.17) is 15.2 Å². The first-order chi connectivity index (χ1) is 8.33. The lowest BCUT2D eigenvalue weighted by Crippen LogP contribution is -2.20. The quantitative estimate of drug-likeness (QED) is 0.888. The van der Waals surface area contributed by atoms with Crippen LogP contribution < -0.4 is 15.2 Å². The molecule has 6 heteroatoms. The Morgan fingerprint density at radius 1 is 1.22 bits per heavy atom. The lowest BCUT2D eigenvalue weighted by molar-refractivity contribution is -0.153. The normalized spacial score (nSPS) is 11.7. The summed E-state index contributed by atoms with van der Waals surface area (Å²) in [6.45, 7) is 2.36. The highest BCUT2D eigenvalue weighted by Gasteiger charge is 2.29. The Bertz CT molecular complexity index is 391. The third kappa shape index (κ3) is 4.44. The van der Waals surface area contributed by atoms with Crippen molar-refractivity contribution in [3.63, 3.8) is 0 Å². The molecule has 0 aliphatic heterocycles. The van der Waals surface area contributed by atoms with Gasteiger partial charge in [-0.2, -0.15) is 13.2 Å². The van der Waals surface area contributed by atoms with Crippen LogP contribution in [0.1, 0.15) is 19.4 Å². The minimum atomic E-state index is -4.37. The predicted octanol–water partition coefficient (Wildman–Crippen LogP) is 2.87. The molecule has 2 N–H and O–H groups in total. The third-order valence-electron chi connectivity index (χ3n) is 2.05. The van der Waals surface area contributed by atoms with E-state index in [0.29, 0.717) is 11.3 Å². The molecule has 3 nitrogen and oxygen atoms in total. The largest absolute Gasteiger partial charge is 0.491 e. The minimum Gasteiger partial charge on any atom is -0.491 e. The highest BCUT2D eigenvalue weighted by molar-refractivity contribution is 5.44. The molecule has 0 aromatic heterocycles. The van der Waals surface area contributed by atoms with Crippen molar-refractivity contribution in [3.05, 3.63) is 23.8 Å². The van der Waals surface area contributed by atoms with E-state index in [9.17, 15) is 13.2 Å². The summed E-state index contributed by atoms with van der Waals surface area (Å²) in [6, 6.07) is 4.67. The lowest BCUT2D eigenvalue weighted by atomic mass is 10.1. The average molecular weight is 263 g/mol. The van der Waals surface area contributed by atoms with Crippen molar-refractivity contribution in [1.29, 1.82) is 0 Å². The molecule has 0 spiro atoms. The molecule has 1 aromatic rings. The van der Waals surface area contributed by atoms with Gasteiger partial charge in [0, 0.05) is 12.1 Å². The maximum atomic E-state index is 12.1. The average Bonchev–Trinajstić information content (AvgIpc) is 2.24. The Morgan fingerprint density at radius 2 is 1.83 bits per heavy atom. The molecule has 0 saturated heterocycles. The SMILES string of the molecule is CC(C)Oc1cccc(OCC(F)(F)F)c1CN. The van der Waals surface area contributed by atoms with Gasteiger partial charge in [0.15, 0.2) is 6.61 Å². The van der Waals surface area contributed by atoms with E-state index in [2.05, 4.69) is 0 Å². The smallest absolute Gasteiger partial charge is 0.422 e. The first-order valence-corrected chi connectivity index (χ1v) is 5.51. The van der Waals surface area contributed by atoms with Gasteiger partial charge in [-0.15, -0.1) is 0 Å². The molecule has 1 rings (SSSR count). The summed E-state index contributed by atoms with van der Waals surface area (Å²) in [7, 11) is 0. The molecule has 0 bridgehead atoms. The maximum Gasteiger partial charge on any atom is 0.422 e. The number of ether oxygens (including phenoxy) is 2. The Labute approximate surface area is 104 Å². The van der Waals surface area contributed by atoms with Crippen LogP contribution in [0.4, 0.5) is 13.2 Å². The lowest BCUT2D eigenvalue weighted by Gasteiger charge is -2.17. The summed E-state index contributed by atoms with van der Waals surface area (Å²) in [5, 5.41) is 0. The zero-order valence-electron chi connectivity index (χ0n) is 10.3. The summed E-state index contributed by atoms with van der Waals surface area (Å²) < 4.78 is 46.5. The second-order valence-electron chi connectivity index (χ2n) is 4.01. The van der Waals surface area contributed by atoms with E-state index in [1.54, 1.807) is 12.1 Å². The summed E-state index contributed by atoms with van der Waals surface area (Å²) in [5.41, 5.74) is 5.97. The van der Waals surface area contributed by atoms with E-state index in [1.807, 2.05) is 13.8 Å². The van der Waals surface area contributed by atoms with Crippen molar-refractivity contribution in [2.75, 3.05) is 6.61 Å². The summed E-state index contributed by atoms with van der Waals surface area (Å²) in [6.07, 6.45) is -4.46. The Balaban J connectivity index is 2.90. The van der Waals surface area contributed by atoms with Gasteiger partial charge < -0.3 is 15.2 Å². The molecule has 18 heavy (non-hydrogen) atoms. The van der Waals surface area contributed by atoms with Gasteiger partial charge in [-0.25, -0.2) is 0 Å². The number of alkyl halides is 3. The fourth-order valence-corrected chi connectivity index (χ4v) is 1.41.